The Kier molecular flexibility index (Phi) is 3.66. The molecule has 6 nitrogen and oxygen atoms in total. The average molecular weight is 252 g/mol. The number of aromatic nitrogens is 1. The van der Waals surface area contributed by atoms with Gasteiger partial charge in [-0.25, -0.2) is 4.79 Å². The zero-order valence-electron chi connectivity index (χ0n) is 10.1. The van der Waals surface area contributed by atoms with Crippen molar-refractivity contribution in [2.45, 2.75) is 25.0 Å². The van der Waals surface area contributed by atoms with Crippen molar-refractivity contribution in [2.24, 2.45) is 0 Å². The third-order valence-electron chi connectivity index (χ3n) is 2.96. The molecule has 0 aromatic carbocycles. The molecule has 18 heavy (non-hydrogen) atoms. The van der Waals surface area contributed by atoms with Crippen LogP contribution in [0.5, 0.6) is 0 Å². The topological polar surface area (TPSA) is 80.6 Å². The first-order valence-electron chi connectivity index (χ1n) is 5.84. The quantitative estimate of drug-likeness (QED) is 0.779. The largest absolute Gasteiger partial charge is 0.479 e. The van der Waals surface area contributed by atoms with Gasteiger partial charge in [-0.05, 0) is 25.0 Å². The highest BCUT2D eigenvalue weighted by molar-refractivity contribution is 5.93. The summed E-state index contributed by atoms with van der Waals surface area (Å²) in [5.74, 6) is -1.36. The number of amides is 1. The first kappa shape index (κ1) is 12.6. The van der Waals surface area contributed by atoms with Crippen LogP contribution < -0.4 is 5.32 Å². The molecular formula is C12H16N2O4. The highest BCUT2D eigenvalue weighted by Crippen LogP contribution is 2.35. The SMILES string of the molecule is COC(CNC(=O)c1cccn1C1CC1)C(=O)O. The molecule has 2 N–H and O–H groups in total. The van der Waals surface area contributed by atoms with Crippen LogP contribution in [0.25, 0.3) is 0 Å². The minimum Gasteiger partial charge on any atom is -0.479 e. The summed E-state index contributed by atoms with van der Waals surface area (Å²) in [4.78, 5) is 22.7. The number of carbonyl (C=O) groups excluding carboxylic acids is 1. The lowest BCUT2D eigenvalue weighted by molar-refractivity contribution is -0.148. The number of carbonyl (C=O) groups is 2. The van der Waals surface area contributed by atoms with E-state index in [1.54, 1.807) is 6.07 Å². The van der Waals surface area contributed by atoms with E-state index in [9.17, 15) is 9.59 Å². The maximum Gasteiger partial charge on any atom is 0.334 e. The molecule has 0 saturated heterocycles. The Labute approximate surface area is 105 Å². The van der Waals surface area contributed by atoms with Crippen LogP contribution in [0.2, 0.25) is 0 Å². The van der Waals surface area contributed by atoms with Crippen molar-refractivity contribution < 1.29 is 19.4 Å². The van der Waals surface area contributed by atoms with Gasteiger partial charge in [0.05, 0.1) is 6.54 Å². The number of methoxy groups -OCH3 is 1. The molecule has 1 unspecified atom stereocenters. The van der Waals surface area contributed by atoms with Crippen LogP contribution in [-0.4, -0.2) is 41.3 Å². The second-order valence-corrected chi connectivity index (χ2v) is 4.30. The van der Waals surface area contributed by atoms with Crippen molar-refractivity contribution in [2.75, 3.05) is 13.7 Å². The molecule has 1 fully saturated rings. The maximum absolute atomic E-state index is 11.9. The molecule has 0 radical (unpaired) electrons. The molecule has 0 aliphatic heterocycles. The minimum atomic E-state index is -1.09. The number of ether oxygens (including phenoxy) is 1. The van der Waals surface area contributed by atoms with Gasteiger partial charge >= 0.3 is 5.97 Å². The summed E-state index contributed by atoms with van der Waals surface area (Å²) in [6, 6.07) is 3.97. The van der Waals surface area contributed by atoms with Gasteiger partial charge in [0.25, 0.3) is 5.91 Å². The molecular weight excluding hydrogens is 236 g/mol. The van der Waals surface area contributed by atoms with Crippen LogP contribution in [0.3, 0.4) is 0 Å². The summed E-state index contributed by atoms with van der Waals surface area (Å²) in [6.45, 7) is -0.0412. The van der Waals surface area contributed by atoms with Crippen molar-refractivity contribution in [1.29, 1.82) is 0 Å². The summed E-state index contributed by atoms with van der Waals surface area (Å²) in [6.07, 6.45) is 3.03. The molecule has 1 aliphatic carbocycles. The Morgan fingerprint density at radius 1 is 1.61 bits per heavy atom. The van der Waals surface area contributed by atoms with Crippen LogP contribution in [0.4, 0.5) is 0 Å². The van der Waals surface area contributed by atoms with Gasteiger partial charge in [-0.15, -0.1) is 0 Å². The third kappa shape index (κ3) is 2.70. The van der Waals surface area contributed by atoms with Crippen LogP contribution in [-0.2, 0) is 9.53 Å². The minimum absolute atomic E-state index is 0.0412. The van der Waals surface area contributed by atoms with E-state index < -0.39 is 12.1 Å². The monoisotopic (exact) mass is 252 g/mol. The van der Waals surface area contributed by atoms with Crippen LogP contribution in [0.15, 0.2) is 18.3 Å². The van der Waals surface area contributed by atoms with Crippen molar-refractivity contribution in [1.82, 2.24) is 9.88 Å². The van der Waals surface area contributed by atoms with E-state index >= 15 is 0 Å². The first-order valence-corrected chi connectivity index (χ1v) is 5.84. The van der Waals surface area contributed by atoms with Crippen molar-refractivity contribution >= 4 is 11.9 Å². The number of hydrogen-bond acceptors (Lipinski definition) is 3. The highest BCUT2D eigenvalue weighted by Gasteiger charge is 2.27. The summed E-state index contributed by atoms with van der Waals surface area (Å²) in [7, 11) is 1.30. The van der Waals surface area contributed by atoms with Crippen LogP contribution >= 0.6 is 0 Å². The van der Waals surface area contributed by atoms with E-state index in [1.807, 2.05) is 16.8 Å². The van der Waals surface area contributed by atoms with Gasteiger partial charge in [-0.3, -0.25) is 4.79 Å². The second kappa shape index (κ2) is 5.22. The number of hydrogen-bond donors (Lipinski definition) is 2. The summed E-state index contributed by atoms with van der Waals surface area (Å²) in [5.41, 5.74) is 0.567. The van der Waals surface area contributed by atoms with Gasteiger partial charge in [0.15, 0.2) is 6.10 Å². The lowest BCUT2D eigenvalue weighted by atomic mass is 10.3. The molecule has 98 valence electrons. The van der Waals surface area contributed by atoms with Gasteiger partial charge in [-0.1, -0.05) is 0 Å². The molecule has 1 aromatic rings. The second-order valence-electron chi connectivity index (χ2n) is 4.30. The van der Waals surface area contributed by atoms with Crippen LogP contribution in [0.1, 0.15) is 29.4 Å². The van der Waals surface area contributed by atoms with E-state index in [0.717, 1.165) is 12.8 Å². The van der Waals surface area contributed by atoms with E-state index in [1.165, 1.54) is 7.11 Å². The number of carboxylic acids is 1. The van der Waals surface area contributed by atoms with Crippen molar-refractivity contribution in [3.63, 3.8) is 0 Å². The average Bonchev–Trinajstić information content (AvgIpc) is 3.07. The fourth-order valence-electron chi connectivity index (χ4n) is 1.80. The molecule has 1 aromatic heterocycles. The molecule has 0 spiro atoms. The highest BCUT2D eigenvalue weighted by atomic mass is 16.5. The predicted octanol–water partition coefficient (Wildman–Crippen LogP) is 0.652. The van der Waals surface area contributed by atoms with E-state index in [-0.39, 0.29) is 12.5 Å². The zero-order valence-corrected chi connectivity index (χ0v) is 10.1. The summed E-state index contributed by atoms with van der Waals surface area (Å²) >= 11 is 0. The molecule has 1 amide bonds. The number of nitrogens with one attached hydrogen (secondary N) is 1. The molecule has 2 rings (SSSR count). The van der Waals surface area contributed by atoms with Crippen molar-refractivity contribution in [3.8, 4) is 0 Å². The van der Waals surface area contributed by atoms with Gasteiger partial charge in [0.2, 0.25) is 0 Å². The molecule has 1 saturated carbocycles. The lowest BCUT2D eigenvalue weighted by Crippen LogP contribution is -2.38. The Hall–Kier alpha value is -1.82. The van der Waals surface area contributed by atoms with E-state index in [0.29, 0.717) is 11.7 Å². The Morgan fingerprint density at radius 2 is 2.33 bits per heavy atom. The number of carboxylic acid groups (broad SMARTS) is 1. The normalized spacial score (nSPS) is 16.3. The lowest BCUT2D eigenvalue weighted by Gasteiger charge is -2.12. The Bertz CT molecular complexity index is 451. The van der Waals surface area contributed by atoms with Crippen molar-refractivity contribution in [3.05, 3.63) is 24.0 Å². The summed E-state index contributed by atoms with van der Waals surface area (Å²) < 4.78 is 6.68. The Morgan fingerprint density at radius 3 is 2.89 bits per heavy atom. The molecule has 1 heterocycles. The molecule has 1 atom stereocenters. The fraction of sp³-hybridized carbons (Fsp3) is 0.500. The number of rotatable bonds is 6. The smallest absolute Gasteiger partial charge is 0.334 e. The Balaban J connectivity index is 1.95. The molecule has 0 bridgehead atoms. The summed E-state index contributed by atoms with van der Waals surface area (Å²) in [5, 5.41) is 11.4. The molecule has 1 aliphatic rings. The predicted molar refractivity (Wildman–Crippen MR) is 63.5 cm³/mol. The van der Waals surface area contributed by atoms with Crippen LogP contribution in [0, 0.1) is 0 Å². The zero-order chi connectivity index (χ0) is 13.1. The van der Waals surface area contributed by atoms with Gasteiger partial charge < -0.3 is 19.7 Å². The number of nitrogens with zero attached hydrogens (tertiary/aromatic N) is 1. The fourth-order valence-corrected chi connectivity index (χ4v) is 1.80. The van der Waals surface area contributed by atoms with E-state index in [4.69, 9.17) is 9.84 Å². The molecule has 6 heteroatoms. The van der Waals surface area contributed by atoms with Gasteiger partial charge in [-0.2, -0.15) is 0 Å². The van der Waals surface area contributed by atoms with E-state index in [2.05, 4.69) is 5.32 Å². The van der Waals surface area contributed by atoms with Gasteiger partial charge in [0, 0.05) is 19.3 Å². The van der Waals surface area contributed by atoms with Gasteiger partial charge in [0.1, 0.15) is 5.69 Å². The number of aliphatic carboxylic acids is 1. The maximum atomic E-state index is 11.9. The standard InChI is InChI=1S/C12H16N2O4/c1-18-10(12(16)17)7-13-11(15)9-3-2-6-14(9)8-4-5-8/h2-3,6,8,10H,4-5,7H2,1H3,(H,13,15)(H,16,17). The third-order valence-corrected chi connectivity index (χ3v) is 2.96. The first-order chi connectivity index (χ1) is 8.63.